The fraction of sp³-hybridized carbons (Fsp3) is 0.375. The van der Waals surface area contributed by atoms with E-state index in [0.717, 1.165) is 22.5 Å². The molecule has 1 amide bonds. The van der Waals surface area contributed by atoms with E-state index in [2.05, 4.69) is 5.10 Å². The summed E-state index contributed by atoms with van der Waals surface area (Å²) in [5, 5.41) is 5.03. The van der Waals surface area contributed by atoms with Gasteiger partial charge < -0.3 is 4.90 Å². The molecule has 1 heterocycles. The number of amides is 1. The van der Waals surface area contributed by atoms with Gasteiger partial charge in [-0.2, -0.15) is 5.10 Å². The quantitative estimate of drug-likeness (QED) is 0.871. The van der Waals surface area contributed by atoms with Crippen LogP contribution < -0.4 is 0 Å². The minimum atomic E-state index is 0.0640. The minimum Gasteiger partial charge on any atom is -0.341 e. The minimum absolute atomic E-state index is 0.0640. The van der Waals surface area contributed by atoms with Gasteiger partial charge in [-0.3, -0.25) is 9.48 Å². The monoisotopic (exact) mass is 305 g/mol. The van der Waals surface area contributed by atoms with Gasteiger partial charge in [0.15, 0.2) is 0 Å². The molecule has 0 spiro atoms. The van der Waals surface area contributed by atoms with Crippen molar-refractivity contribution in [2.75, 3.05) is 7.05 Å². The summed E-state index contributed by atoms with van der Waals surface area (Å²) >= 11 is 6.14. The lowest BCUT2D eigenvalue weighted by Gasteiger charge is -2.18. The van der Waals surface area contributed by atoms with Crippen molar-refractivity contribution < 1.29 is 4.79 Å². The SMILES string of the molecule is Cc1nn(C)c(C)c1CC(=O)N(C)Cc1ccccc1Cl. The van der Waals surface area contributed by atoms with Crippen LogP contribution in [0, 0.1) is 13.8 Å². The van der Waals surface area contributed by atoms with Crippen LogP contribution in [0.5, 0.6) is 0 Å². The van der Waals surface area contributed by atoms with Gasteiger partial charge in [-0.25, -0.2) is 0 Å². The number of hydrogen-bond acceptors (Lipinski definition) is 2. The molecular weight excluding hydrogens is 286 g/mol. The number of likely N-dealkylation sites (N-methyl/N-ethyl adjacent to an activating group) is 1. The maximum atomic E-state index is 12.4. The summed E-state index contributed by atoms with van der Waals surface area (Å²) in [6.45, 7) is 4.43. The van der Waals surface area contributed by atoms with Crippen molar-refractivity contribution in [1.29, 1.82) is 0 Å². The van der Waals surface area contributed by atoms with Gasteiger partial charge in [-0.1, -0.05) is 29.8 Å². The number of rotatable bonds is 4. The van der Waals surface area contributed by atoms with E-state index in [9.17, 15) is 4.79 Å². The van der Waals surface area contributed by atoms with Crippen LogP contribution in [-0.4, -0.2) is 27.6 Å². The fourth-order valence-corrected chi connectivity index (χ4v) is 2.53. The smallest absolute Gasteiger partial charge is 0.227 e. The fourth-order valence-electron chi connectivity index (χ4n) is 2.33. The van der Waals surface area contributed by atoms with Crippen molar-refractivity contribution in [2.45, 2.75) is 26.8 Å². The summed E-state index contributed by atoms with van der Waals surface area (Å²) < 4.78 is 1.81. The molecule has 1 aromatic carbocycles. The van der Waals surface area contributed by atoms with Gasteiger partial charge in [-0.15, -0.1) is 0 Å². The lowest BCUT2D eigenvalue weighted by Crippen LogP contribution is -2.28. The van der Waals surface area contributed by atoms with E-state index >= 15 is 0 Å². The molecule has 0 atom stereocenters. The van der Waals surface area contributed by atoms with E-state index in [0.29, 0.717) is 18.0 Å². The number of hydrogen-bond donors (Lipinski definition) is 0. The van der Waals surface area contributed by atoms with Crippen molar-refractivity contribution in [3.63, 3.8) is 0 Å². The molecule has 4 nitrogen and oxygen atoms in total. The number of aromatic nitrogens is 2. The zero-order valence-electron chi connectivity index (χ0n) is 12.9. The van der Waals surface area contributed by atoms with Crippen LogP contribution in [-0.2, 0) is 24.8 Å². The van der Waals surface area contributed by atoms with Gasteiger partial charge in [0.05, 0.1) is 12.1 Å². The third-order valence-corrected chi connectivity index (χ3v) is 4.15. The third kappa shape index (κ3) is 3.45. The Morgan fingerprint density at radius 2 is 2.00 bits per heavy atom. The second-order valence-electron chi connectivity index (χ2n) is 5.29. The second kappa shape index (κ2) is 6.31. The molecule has 0 aliphatic heterocycles. The standard InChI is InChI=1S/C16H20ClN3O/c1-11-14(12(2)20(4)18-11)9-16(21)19(3)10-13-7-5-6-8-15(13)17/h5-8H,9-10H2,1-4H3. The zero-order valence-corrected chi connectivity index (χ0v) is 13.6. The van der Waals surface area contributed by atoms with Gasteiger partial charge in [0.25, 0.3) is 0 Å². The van der Waals surface area contributed by atoms with E-state index < -0.39 is 0 Å². The molecule has 5 heteroatoms. The van der Waals surface area contributed by atoms with Gasteiger partial charge in [-0.05, 0) is 25.5 Å². The van der Waals surface area contributed by atoms with Gasteiger partial charge in [0.2, 0.25) is 5.91 Å². The topological polar surface area (TPSA) is 38.1 Å². The molecule has 2 rings (SSSR count). The lowest BCUT2D eigenvalue weighted by molar-refractivity contribution is -0.129. The Balaban J connectivity index is 2.08. The molecule has 0 unspecified atom stereocenters. The predicted octanol–water partition coefficient (Wildman–Crippen LogP) is 2.89. The third-order valence-electron chi connectivity index (χ3n) is 3.78. The highest BCUT2D eigenvalue weighted by molar-refractivity contribution is 6.31. The molecule has 1 aromatic heterocycles. The van der Waals surface area contributed by atoms with Gasteiger partial charge >= 0.3 is 0 Å². The first kappa shape index (κ1) is 15.6. The van der Waals surface area contributed by atoms with Crippen LogP contribution in [0.1, 0.15) is 22.5 Å². The summed E-state index contributed by atoms with van der Waals surface area (Å²) in [5.41, 5.74) is 3.91. The summed E-state index contributed by atoms with van der Waals surface area (Å²) in [6.07, 6.45) is 0.368. The second-order valence-corrected chi connectivity index (χ2v) is 5.70. The maximum Gasteiger partial charge on any atom is 0.227 e. The Labute approximate surface area is 130 Å². The van der Waals surface area contributed by atoms with E-state index in [-0.39, 0.29) is 5.91 Å². The highest BCUT2D eigenvalue weighted by Crippen LogP contribution is 2.18. The molecule has 0 aliphatic carbocycles. The molecular formula is C16H20ClN3O. The molecule has 0 fully saturated rings. The number of carbonyl (C=O) groups excluding carboxylic acids is 1. The summed E-state index contributed by atoms with van der Waals surface area (Å²) in [5.74, 6) is 0.0640. The predicted molar refractivity (Wildman–Crippen MR) is 84.3 cm³/mol. The van der Waals surface area contributed by atoms with Crippen molar-refractivity contribution in [2.24, 2.45) is 7.05 Å². The molecule has 2 aromatic rings. The lowest BCUT2D eigenvalue weighted by atomic mass is 10.1. The molecule has 21 heavy (non-hydrogen) atoms. The summed E-state index contributed by atoms with van der Waals surface area (Å²) in [6, 6.07) is 7.59. The zero-order chi connectivity index (χ0) is 15.6. The largest absolute Gasteiger partial charge is 0.341 e. The summed E-state index contributed by atoms with van der Waals surface area (Å²) in [4.78, 5) is 14.1. The van der Waals surface area contributed by atoms with Crippen molar-refractivity contribution in [3.05, 3.63) is 51.8 Å². The Hall–Kier alpha value is -1.81. The first-order chi connectivity index (χ1) is 9.90. The molecule has 112 valence electrons. The number of carbonyl (C=O) groups is 1. The average Bonchev–Trinajstić information content (AvgIpc) is 2.67. The van der Waals surface area contributed by atoms with Gasteiger partial charge in [0.1, 0.15) is 0 Å². The van der Waals surface area contributed by atoms with E-state index in [1.165, 1.54) is 0 Å². The Bertz CT molecular complexity index is 664. The Kier molecular flexibility index (Phi) is 4.68. The van der Waals surface area contributed by atoms with Gasteiger partial charge in [0, 0.05) is 36.9 Å². The number of halogens is 1. The first-order valence-electron chi connectivity index (χ1n) is 6.86. The van der Waals surface area contributed by atoms with Crippen LogP contribution >= 0.6 is 11.6 Å². The van der Waals surface area contributed by atoms with Crippen LogP contribution in [0.4, 0.5) is 0 Å². The van der Waals surface area contributed by atoms with Crippen LogP contribution in [0.2, 0.25) is 5.02 Å². The Morgan fingerprint density at radius 1 is 1.33 bits per heavy atom. The highest BCUT2D eigenvalue weighted by atomic mass is 35.5. The highest BCUT2D eigenvalue weighted by Gasteiger charge is 2.17. The van der Waals surface area contributed by atoms with Crippen molar-refractivity contribution in [3.8, 4) is 0 Å². The van der Waals surface area contributed by atoms with Crippen LogP contribution in [0.15, 0.2) is 24.3 Å². The molecule has 0 radical (unpaired) electrons. The molecule has 0 saturated heterocycles. The number of nitrogens with zero attached hydrogens (tertiary/aromatic N) is 3. The molecule has 0 bridgehead atoms. The van der Waals surface area contributed by atoms with Crippen LogP contribution in [0.3, 0.4) is 0 Å². The van der Waals surface area contributed by atoms with Crippen LogP contribution in [0.25, 0.3) is 0 Å². The normalized spacial score (nSPS) is 10.7. The Morgan fingerprint density at radius 3 is 2.57 bits per heavy atom. The molecule has 0 N–H and O–H groups in total. The van der Waals surface area contributed by atoms with Crippen molar-refractivity contribution in [1.82, 2.24) is 14.7 Å². The van der Waals surface area contributed by atoms with E-state index in [4.69, 9.17) is 11.6 Å². The number of benzene rings is 1. The van der Waals surface area contributed by atoms with E-state index in [1.54, 1.807) is 11.9 Å². The molecule has 0 saturated carbocycles. The number of aryl methyl sites for hydroxylation is 2. The average molecular weight is 306 g/mol. The molecule has 0 aliphatic rings. The maximum absolute atomic E-state index is 12.4. The van der Waals surface area contributed by atoms with Crippen molar-refractivity contribution >= 4 is 17.5 Å². The van der Waals surface area contributed by atoms with E-state index in [1.807, 2.05) is 49.8 Å². The summed E-state index contributed by atoms with van der Waals surface area (Å²) in [7, 11) is 3.69. The first-order valence-corrected chi connectivity index (χ1v) is 7.24.